The fourth-order valence-corrected chi connectivity index (χ4v) is 17.4. The largest absolute Gasteiger partial charge is 0.493 e. The summed E-state index contributed by atoms with van der Waals surface area (Å²) in [5, 5.41) is -1.88. The molecule has 5 aromatic rings. The number of imide groups is 1. The van der Waals surface area contributed by atoms with Crippen LogP contribution in [0.4, 0.5) is 28.4 Å². The lowest BCUT2D eigenvalue weighted by atomic mass is 10.1. The zero-order chi connectivity index (χ0) is 65.4. The third kappa shape index (κ3) is 15.5. The summed E-state index contributed by atoms with van der Waals surface area (Å²) in [6.07, 6.45) is 3.40. The van der Waals surface area contributed by atoms with Crippen molar-refractivity contribution in [2.45, 2.75) is 99.8 Å². The zero-order valence-corrected chi connectivity index (χ0v) is 57.2. The molecule has 5 heterocycles. The van der Waals surface area contributed by atoms with Crippen LogP contribution in [0.3, 0.4) is 0 Å². The molecule has 0 aromatic heterocycles. The van der Waals surface area contributed by atoms with E-state index in [1.54, 1.807) is 37.3 Å². The van der Waals surface area contributed by atoms with E-state index >= 15 is 0 Å². The fraction of sp³-hybridized carbons (Fsp3) is 0.485. The average molecular weight is 1340 g/mol. The number of ether oxygens (including phenoxy) is 6. The molecule has 0 aliphatic carbocycles. The lowest BCUT2D eigenvalue weighted by molar-refractivity contribution is -0.138. The highest BCUT2D eigenvalue weighted by Crippen LogP contribution is 2.45. The van der Waals surface area contributed by atoms with Gasteiger partial charge in [0, 0.05) is 106 Å². The second kappa shape index (κ2) is 30.3. The Morgan fingerprint density at radius 3 is 1.87 bits per heavy atom. The summed E-state index contributed by atoms with van der Waals surface area (Å²) in [6.45, 7) is 10.7. The first kappa shape index (κ1) is 68.4. The highest BCUT2D eigenvalue weighted by Gasteiger charge is 2.42. The molecule has 5 aromatic carbocycles. The lowest BCUT2D eigenvalue weighted by Gasteiger charge is -2.34. The molecular formula is C68H84N6O14S4. The molecule has 5 aliphatic heterocycles. The Bertz CT molecular complexity index is 3650. The van der Waals surface area contributed by atoms with Gasteiger partial charge in [0.05, 0.1) is 87.1 Å². The van der Waals surface area contributed by atoms with E-state index in [-0.39, 0.29) is 81.2 Å². The number of anilines is 5. The number of carbonyl (C=O) groups is 5. The SMILES string of the molecule is COCCOCCOCCN(CC(C)(C)SSCCC(C(=O)CCCN1C(=O)CC(SC)C1=O)S(=O)(=O)OC)c1cc(COc2cc3c(cc2C)C(=O)N2c4ccccc4C[C@H]2CN3C)cc(COc2cc3c(cc2OC)C(=O)N2c4ccccc4C[C@H]2CN3C)c1. The molecule has 2 unspecified atom stereocenters. The van der Waals surface area contributed by atoms with Gasteiger partial charge in [0.25, 0.3) is 21.9 Å². The van der Waals surface area contributed by atoms with Crippen molar-refractivity contribution in [3.05, 3.63) is 130 Å². The number of nitrogens with zero attached hydrogens (tertiary/aromatic N) is 6. The molecule has 0 N–H and O–H groups in total. The number of Topliss-reactive ketones (excluding diaryl/α,β-unsaturated/α-hetero) is 1. The normalized spacial score (nSPS) is 18.1. The van der Waals surface area contributed by atoms with Crippen LogP contribution in [0.15, 0.2) is 91.0 Å². The molecule has 4 atom stereocenters. The number of hydrogen-bond acceptors (Lipinski definition) is 20. The minimum Gasteiger partial charge on any atom is -0.493 e. The topological polar surface area (TPSA) is 204 Å². The van der Waals surface area contributed by atoms with Gasteiger partial charge in [0.15, 0.2) is 17.3 Å². The second-order valence-corrected chi connectivity index (χ2v) is 30.5. The number of thioether (sulfide) groups is 1. The van der Waals surface area contributed by atoms with Crippen LogP contribution in [0, 0.1) is 6.92 Å². The molecule has 4 amide bonds. The molecule has 1 saturated heterocycles. The maximum atomic E-state index is 14.5. The predicted octanol–water partition coefficient (Wildman–Crippen LogP) is 9.42. The number of amides is 4. The van der Waals surface area contributed by atoms with Crippen molar-refractivity contribution in [2.75, 3.05) is 138 Å². The van der Waals surface area contributed by atoms with Gasteiger partial charge in [0.1, 0.15) is 24.2 Å². The summed E-state index contributed by atoms with van der Waals surface area (Å²) in [4.78, 5) is 79.5. The monoisotopic (exact) mass is 1340 g/mol. The van der Waals surface area contributed by atoms with Crippen molar-refractivity contribution in [1.82, 2.24) is 4.90 Å². The smallest absolute Gasteiger partial charge is 0.277 e. The number of methoxy groups -OCH3 is 2. The summed E-state index contributed by atoms with van der Waals surface area (Å²) in [7, 11) is 7.03. The molecule has 0 bridgehead atoms. The van der Waals surface area contributed by atoms with Gasteiger partial charge in [-0.2, -0.15) is 20.2 Å². The molecular weight excluding hydrogens is 1250 g/mol. The minimum atomic E-state index is -4.26. The van der Waals surface area contributed by atoms with Crippen molar-refractivity contribution in [1.29, 1.82) is 0 Å². The number of fused-ring (bicyclic) bond motifs is 8. The van der Waals surface area contributed by atoms with E-state index < -0.39 is 31.1 Å². The maximum absolute atomic E-state index is 14.5. The van der Waals surface area contributed by atoms with Crippen molar-refractivity contribution in [3.63, 3.8) is 0 Å². The summed E-state index contributed by atoms with van der Waals surface area (Å²) in [5.74, 6) is 0.573. The van der Waals surface area contributed by atoms with E-state index in [2.05, 4.69) is 58.9 Å². The number of rotatable bonds is 32. The number of hydrogen-bond donors (Lipinski definition) is 0. The molecule has 0 saturated carbocycles. The molecule has 24 heteroatoms. The van der Waals surface area contributed by atoms with Gasteiger partial charge < -0.3 is 52.9 Å². The van der Waals surface area contributed by atoms with E-state index in [1.165, 1.54) is 28.1 Å². The Labute approximate surface area is 552 Å². The number of para-hydroxylation sites is 2. The summed E-state index contributed by atoms with van der Waals surface area (Å²) < 4.78 is 67.6. The molecule has 0 radical (unpaired) electrons. The minimum absolute atomic E-state index is 0.00679. The number of benzene rings is 5. The Morgan fingerprint density at radius 1 is 0.707 bits per heavy atom. The highest BCUT2D eigenvalue weighted by atomic mass is 33.1. The van der Waals surface area contributed by atoms with E-state index in [4.69, 9.17) is 32.6 Å². The van der Waals surface area contributed by atoms with Gasteiger partial charge in [-0.15, -0.1) is 0 Å². The first-order chi connectivity index (χ1) is 44.2. The van der Waals surface area contributed by atoms with Crippen molar-refractivity contribution in [3.8, 4) is 17.2 Å². The number of ketones is 1. The summed E-state index contributed by atoms with van der Waals surface area (Å²) in [5.41, 5.74) is 10.2. The molecule has 20 nitrogen and oxygen atoms in total. The molecule has 1 fully saturated rings. The molecule has 494 valence electrons. The van der Waals surface area contributed by atoms with E-state index in [0.29, 0.717) is 93.3 Å². The number of likely N-dealkylation sites (tertiary alicyclic amines) is 1. The van der Waals surface area contributed by atoms with Gasteiger partial charge in [0.2, 0.25) is 11.8 Å². The third-order valence-electron chi connectivity index (χ3n) is 17.5. The quantitative estimate of drug-likeness (QED) is 0.0170. The Balaban J connectivity index is 0.910. The van der Waals surface area contributed by atoms with Crippen LogP contribution < -0.4 is 38.7 Å². The van der Waals surface area contributed by atoms with E-state index in [0.717, 1.165) is 75.5 Å². The van der Waals surface area contributed by atoms with Crippen molar-refractivity contribution in [2.24, 2.45) is 0 Å². The molecule has 5 aliphatic rings. The van der Waals surface area contributed by atoms with Crippen LogP contribution in [-0.2, 0) is 69.0 Å². The van der Waals surface area contributed by atoms with Crippen LogP contribution in [0.1, 0.15) is 88.1 Å². The molecule has 92 heavy (non-hydrogen) atoms. The average Bonchev–Trinajstić information content (AvgIpc) is 1.60. The zero-order valence-electron chi connectivity index (χ0n) is 53.9. The first-order valence-corrected chi connectivity index (χ1v) is 36.2. The lowest BCUT2D eigenvalue weighted by Crippen LogP contribution is -2.41. The van der Waals surface area contributed by atoms with Crippen LogP contribution >= 0.6 is 33.3 Å². The maximum Gasteiger partial charge on any atom is 0.277 e. The van der Waals surface area contributed by atoms with E-state index in [9.17, 15) is 32.4 Å². The van der Waals surface area contributed by atoms with Gasteiger partial charge in [-0.1, -0.05) is 58.0 Å². The second-order valence-electron chi connectivity index (χ2n) is 24.4. The van der Waals surface area contributed by atoms with Crippen LogP contribution in [-0.4, -0.2) is 183 Å². The van der Waals surface area contributed by atoms with Gasteiger partial charge in [-0.25, -0.2) is 0 Å². The molecule has 0 spiro atoms. The summed E-state index contributed by atoms with van der Waals surface area (Å²) in [6, 6.07) is 30.0. The number of aryl methyl sites for hydroxylation is 1. The third-order valence-corrected chi connectivity index (χ3v) is 23.4. The van der Waals surface area contributed by atoms with Gasteiger partial charge in [-0.05, 0) is 123 Å². The fourth-order valence-electron chi connectivity index (χ4n) is 12.9. The summed E-state index contributed by atoms with van der Waals surface area (Å²) >= 11 is 1.31. The van der Waals surface area contributed by atoms with Gasteiger partial charge in [-0.3, -0.25) is 33.1 Å². The first-order valence-electron chi connectivity index (χ1n) is 31.1. The number of likely N-dealkylation sites (N-methyl/N-ethyl adjacent to an activating group) is 2. The predicted molar refractivity (Wildman–Crippen MR) is 364 cm³/mol. The van der Waals surface area contributed by atoms with Crippen molar-refractivity contribution < 1.29 is 65.0 Å². The Hall–Kier alpha value is -6.51. The Morgan fingerprint density at radius 2 is 1.28 bits per heavy atom. The number of carbonyl (C=O) groups excluding carboxylic acids is 5. The Kier molecular flexibility index (Phi) is 22.5. The van der Waals surface area contributed by atoms with Crippen LogP contribution in [0.5, 0.6) is 17.2 Å². The van der Waals surface area contributed by atoms with E-state index in [1.807, 2.05) is 85.4 Å². The van der Waals surface area contributed by atoms with Gasteiger partial charge >= 0.3 is 0 Å². The highest BCUT2D eigenvalue weighted by molar-refractivity contribution is 8.77. The van der Waals surface area contributed by atoms with Crippen LogP contribution in [0.2, 0.25) is 0 Å². The molecule has 10 rings (SSSR count). The van der Waals surface area contributed by atoms with Crippen LogP contribution in [0.25, 0.3) is 0 Å². The standard InChI is InChI=1S/C68H84N6O14S4/c1-44-29-52-56(69(4)39-50-33-47-15-10-12-17-54(47)73(50)65(52)77)36-59(44)87-41-45-30-46(42-88-61-37-57-53(35-60(61)83-7)66(78)74-51(40-70(57)5)34-48-16-11-13-18-55(48)74)32-49(31-45)71(22-23-85-26-27-86-25-24-82-6)43-68(2,3)91-90-28-20-63(92(80,81)84-8)58(75)19-14-21-72-64(76)38-62(89-9)67(72)79/h10-13,15-18,29-32,35-37,50-51,62-63H,14,19-28,33-34,38-43H2,1-9H3/t50-,51-,62?,63?/m0/s1. The van der Waals surface area contributed by atoms with Crippen molar-refractivity contribution >= 4 is 101 Å².